The predicted molar refractivity (Wildman–Crippen MR) is 105 cm³/mol. The fraction of sp³-hybridized carbons (Fsp3) is 0.222. The number of nitrogens with zero attached hydrogens (tertiary/aromatic N) is 3. The highest BCUT2D eigenvalue weighted by molar-refractivity contribution is 8.00. The number of nitrogens with one attached hydrogen (secondary N) is 1. The number of methoxy groups -OCH3 is 1. The third-order valence-corrected chi connectivity index (χ3v) is 5.65. The molecule has 1 atom stereocenters. The van der Waals surface area contributed by atoms with Crippen molar-refractivity contribution in [1.82, 2.24) is 20.1 Å². The van der Waals surface area contributed by atoms with E-state index in [-0.39, 0.29) is 0 Å². The molecule has 140 valence electrons. The summed E-state index contributed by atoms with van der Waals surface area (Å²) in [4.78, 5) is 24.4. The van der Waals surface area contributed by atoms with Crippen molar-refractivity contribution in [2.24, 2.45) is 0 Å². The van der Waals surface area contributed by atoms with Gasteiger partial charge in [-0.1, -0.05) is 48.2 Å². The monoisotopic (exact) mass is 402 g/mol. The summed E-state index contributed by atoms with van der Waals surface area (Å²) in [6.07, 6.45) is -0.780. The summed E-state index contributed by atoms with van der Waals surface area (Å²) in [5.41, 5.74) is 1.10. The fourth-order valence-corrected chi connectivity index (χ4v) is 3.90. The number of ether oxygens (including phenoxy) is 1. The number of imide groups is 1. The van der Waals surface area contributed by atoms with Crippen LogP contribution < -0.4 is 5.32 Å². The molecule has 1 N–H and O–H groups in total. The Labute approximate surface area is 164 Å². The highest BCUT2D eigenvalue weighted by atomic mass is 32.2. The van der Waals surface area contributed by atoms with Gasteiger partial charge in [0.2, 0.25) is 5.91 Å². The van der Waals surface area contributed by atoms with Gasteiger partial charge in [0.1, 0.15) is 0 Å². The molecule has 1 aromatic carbocycles. The minimum Gasteiger partial charge on any atom is -0.453 e. The van der Waals surface area contributed by atoms with Crippen molar-refractivity contribution in [3.63, 3.8) is 0 Å². The Kier molecular flexibility index (Phi) is 6.25. The Morgan fingerprint density at radius 2 is 2.00 bits per heavy atom. The van der Waals surface area contributed by atoms with Gasteiger partial charge in [-0.05, 0) is 23.9 Å². The Hall–Kier alpha value is -2.65. The molecule has 0 aliphatic rings. The summed E-state index contributed by atoms with van der Waals surface area (Å²) in [5, 5.41) is 12.8. The summed E-state index contributed by atoms with van der Waals surface area (Å²) in [6.45, 7) is 2.28. The van der Waals surface area contributed by atoms with Crippen molar-refractivity contribution in [3.8, 4) is 10.7 Å². The van der Waals surface area contributed by atoms with Crippen molar-refractivity contribution in [1.29, 1.82) is 0 Å². The Morgan fingerprint density at radius 1 is 1.22 bits per heavy atom. The molecule has 2 amide bonds. The summed E-state index contributed by atoms with van der Waals surface area (Å²) >= 11 is 2.82. The molecular formula is C18H18N4O3S2. The van der Waals surface area contributed by atoms with Crippen LogP contribution in [0.2, 0.25) is 0 Å². The van der Waals surface area contributed by atoms with Crippen LogP contribution in [0.25, 0.3) is 10.7 Å². The standard InChI is InChI=1S/C18H18N4O3S2/c1-12(16(23)19-18(24)25-2)27-17-21-20-15(14-9-6-10-26-14)22(17)11-13-7-4-3-5-8-13/h3-10,12H,11H2,1-2H3,(H,19,23,24)/t12-/m0/s1. The predicted octanol–water partition coefficient (Wildman–Crippen LogP) is 3.42. The van der Waals surface area contributed by atoms with E-state index in [1.54, 1.807) is 18.3 Å². The normalized spacial score (nSPS) is 11.8. The van der Waals surface area contributed by atoms with Crippen LogP contribution in [-0.2, 0) is 16.1 Å². The maximum Gasteiger partial charge on any atom is 0.413 e. The van der Waals surface area contributed by atoms with Crippen LogP contribution in [-0.4, -0.2) is 39.1 Å². The second-order valence-electron chi connectivity index (χ2n) is 5.60. The number of aromatic nitrogens is 3. The second kappa shape index (κ2) is 8.83. The first-order valence-corrected chi connectivity index (χ1v) is 9.91. The molecule has 27 heavy (non-hydrogen) atoms. The molecule has 0 bridgehead atoms. The van der Waals surface area contributed by atoms with Crippen LogP contribution in [0.5, 0.6) is 0 Å². The zero-order chi connectivity index (χ0) is 19.2. The largest absolute Gasteiger partial charge is 0.453 e. The molecule has 9 heteroatoms. The van der Waals surface area contributed by atoms with E-state index in [1.807, 2.05) is 52.4 Å². The molecular weight excluding hydrogens is 384 g/mol. The minimum atomic E-state index is -0.780. The van der Waals surface area contributed by atoms with Gasteiger partial charge < -0.3 is 4.74 Å². The van der Waals surface area contributed by atoms with E-state index in [4.69, 9.17) is 0 Å². The van der Waals surface area contributed by atoms with Crippen LogP contribution in [0, 0.1) is 0 Å². The third kappa shape index (κ3) is 4.75. The van der Waals surface area contributed by atoms with E-state index in [2.05, 4.69) is 20.3 Å². The molecule has 2 heterocycles. The Morgan fingerprint density at radius 3 is 2.67 bits per heavy atom. The minimum absolute atomic E-state index is 0.446. The molecule has 0 fully saturated rings. The van der Waals surface area contributed by atoms with Gasteiger partial charge in [0.15, 0.2) is 11.0 Å². The van der Waals surface area contributed by atoms with Crippen LogP contribution in [0.4, 0.5) is 4.79 Å². The highest BCUT2D eigenvalue weighted by Gasteiger charge is 2.22. The molecule has 0 radical (unpaired) electrons. The molecule has 7 nitrogen and oxygen atoms in total. The first-order valence-electron chi connectivity index (χ1n) is 8.15. The maximum absolute atomic E-state index is 12.1. The molecule has 0 aliphatic heterocycles. The number of carbonyl (C=O) groups excluding carboxylic acids is 2. The Balaban J connectivity index is 1.86. The molecule has 0 saturated heterocycles. The van der Waals surface area contributed by atoms with Gasteiger partial charge in [0.25, 0.3) is 0 Å². The summed E-state index contributed by atoms with van der Waals surface area (Å²) in [7, 11) is 1.21. The van der Waals surface area contributed by atoms with Crippen molar-refractivity contribution in [2.75, 3.05) is 7.11 Å². The third-order valence-electron chi connectivity index (χ3n) is 3.70. The number of hydrogen-bond acceptors (Lipinski definition) is 7. The maximum atomic E-state index is 12.1. The number of rotatable bonds is 6. The van der Waals surface area contributed by atoms with Gasteiger partial charge in [0, 0.05) is 0 Å². The number of amides is 2. The summed E-state index contributed by atoms with van der Waals surface area (Å²) < 4.78 is 6.45. The van der Waals surface area contributed by atoms with Gasteiger partial charge in [-0.25, -0.2) is 4.79 Å². The number of alkyl carbamates (subject to hydrolysis) is 1. The highest BCUT2D eigenvalue weighted by Crippen LogP contribution is 2.30. The quantitative estimate of drug-likeness (QED) is 0.636. The van der Waals surface area contributed by atoms with Crippen LogP contribution in [0.1, 0.15) is 12.5 Å². The lowest BCUT2D eigenvalue weighted by Crippen LogP contribution is -2.36. The molecule has 0 aliphatic carbocycles. The van der Waals surface area contributed by atoms with E-state index >= 15 is 0 Å². The fourth-order valence-electron chi connectivity index (χ4n) is 2.34. The first-order chi connectivity index (χ1) is 13.1. The van der Waals surface area contributed by atoms with E-state index in [0.29, 0.717) is 11.7 Å². The van der Waals surface area contributed by atoms with Crippen molar-refractivity contribution in [2.45, 2.75) is 23.9 Å². The topological polar surface area (TPSA) is 86.1 Å². The van der Waals surface area contributed by atoms with Crippen LogP contribution in [0.15, 0.2) is 53.0 Å². The zero-order valence-corrected chi connectivity index (χ0v) is 16.4. The number of thioether (sulfide) groups is 1. The van der Waals surface area contributed by atoms with E-state index < -0.39 is 17.3 Å². The average molecular weight is 403 g/mol. The van der Waals surface area contributed by atoms with Crippen molar-refractivity contribution in [3.05, 3.63) is 53.4 Å². The number of carbonyl (C=O) groups is 2. The molecule has 0 saturated carbocycles. The molecule has 0 unspecified atom stereocenters. The van der Waals surface area contributed by atoms with Crippen LogP contribution >= 0.6 is 23.1 Å². The smallest absolute Gasteiger partial charge is 0.413 e. The van der Waals surface area contributed by atoms with Crippen molar-refractivity contribution >= 4 is 35.1 Å². The van der Waals surface area contributed by atoms with Crippen molar-refractivity contribution < 1.29 is 14.3 Å². The number of benzene rings is 1. The van der Waals surface area contributed by atoms with E-state index in [1.165, 1.54) is 18.9 Å². The van der Waals surface area contributed by atoms with E-state index in [0.717, 1.165) is 16.3 Å². The first kappa shape index (κ1) is 19.1. The molecule has 2 aromatic heterocycles. The summed E-state index contributed by atoms with van der Waals surface area (Å²) in [5.74, 6) is 0.302. The number of hydrogen-bond donors (Lipinski definition) is 1. The van der Waals surface area contributed by atoms with Crippen LogP contribution in [0.3, 0.4) is 0 Å². The lowest BCUT2D eigenvalue weighted by Gasteiger charge is -2.13. The summed E-state index contributed by atoms with van der Waals surface area (Å²) in [6, 6.07) is 13.9. The van der Waals surface area contributed by atoms with Gasteiger partial charge in [0.05, 0.1) is 23.8 Å². The molecule has 3 rings (SSSR count). The average Bonchev–Trinajstić information content (AvgIpc) is 3.33. The van der Waals surface area contributed by atoms with Gasteiger partial charge in [-0.3, -0.25) is 14.7 Å². The van der Waals surface area contributed by atoms with Gasteiger partial charge in [-0.2, -0.15) is 0 Å². The van der Waals surface area contributed by atoms with E-state index in [9.17, 15) is 9.59 Å². The lowest BCUT2D eigenvalue weighted by atomic mass is 10.2. The molecule has 0 spiro atoms. The Bertz CT molecular complexity index is 910. The number of thiophene rings is 1. The second-order valence-corrected chi connectivity index (χ2v) is 7.85. The van der Waals surface area contributed by atoms with Gasteiger partial charge in [-0.15, -0.1) is 21.5 Å². The SMILES string of the molecule is COC(=O)NC(=O)[C@H](C)Sc1nnc(-c2cccs2)n1Cc1ccccc1. The lowest BCUT2D eigenvalue weighted by molar-refractivity contribution is -0.119. The molecule has 3 aromatic rings. The van der Waals surface area contributed by atoms with Gasteiger partial charge >= 0.3 is 6.09 Å². The zero-order valence-electron chi connectivity index (χ0n) is 14.8.